The van der Waals surface area contributed by atoms with Gasteiger partial charge in [0.05, 0.1) is 26.3 Å². The molecule has 0 bridgehead atoms. The number of methoxy groups -OCH3 is 1. The summed E-state index contributed by atoms with van der Waals surface area (Å²) in [5.41, 5.74) is 8.16. The normalized spacial score (nSPS) is 26.1. The summed E-state index contributed by atoms with van der Waals surface area (Å²) in [4.78, 5) is 5.60. The molecule has 120 valence electrons. The summed E-state index contributed by atoms with van der Waals surface area (Å²) in [5.74, 6) is 1.44. The Morgan fingerprint density at radius 1 is 1.09 bits per heavy atom. The van der Waals surface area contributed by atoms with E-state index in [2.05, 4.69) is 37.3 Å². The van der Waals surface area contributed by atoms with Gasteiger partial charge in [-0.15, -0.1) is 0 Å². The fourth-order valence-corrected chi connectivity index (χ4v) is 4.06. The van der Waals surface area contributed by atoms with Crippen molar-refractivity contribution in [2.45, 2.75) is 26.2 Å². The minimum absolute atomic E-state index is 0.602. The highest BCUT2D eigenvalue weighted by atomic mass is 16.7. The highest BCUT2D eigenvalue weighted by molar-refractivity contribution is 5.70. The van der Waals surface area contributed by atoms with Gasteiger partial charge in [-0.3, -0.25) is 4.84 Å². The molecule has 1 heterocycles. The van der Waals surface area contributed by atoms with Crippen LogP contribution >= 0.6 is 0 Å². The zero-order chi connectivity index (χ0) is 16.0. The summed E-state index contributed by atoms with van der Waals surface area (Å²) in [7, 11) is 3.45. The Morgan fingerprint density at radius 2 is 1.96 bits per heavy atom. The van der Waals surface area contributed by atoms with E-state index in [4.69, 9.17) is 9.57 Å². The van der Waals surface area contributed by atoms with Crippen molar-refractivity contribution in [1.82, 2.24) is 5.06 Å². The second-order valence-electron chi connectivity index (χ2n) is 6.61. The van der Waals surface area contributed by atoms with E-state index in [-0.39, 0.29) is 0 Å². The van der Waals surface area contributed by atoms with Crippen molar-refractivity contribution in [2.24, 2.45) is 5.92 Å². The number of rotatable bonds is 2. The van der Waals surface area contributed by atoms with Gasteiger partial charge in [0.1, 0.15) is 0 Å². The van der Waals surface area contributed by atoms with Crippen molar-refractivity contribution in [3.63, 3.8) is 0 Å². The molecule has 4 rings (SSSR count). The van der Waals surface area contributed by atoms with Gasteiger partial charge < -0.3 is 4.74 Å². The molecule has 0 saturated carbocycles. The van der Waals surface area contributed by atoms with Crippen molar-refractivity contribution in [2.75, 3.05) is 20.8 Å². The van der Waals surface area contributed by atoms with E-state index in [1.54, 1.807) is 14.2 Å². The monoisotopic (exact) mass is 309 g/mol. The van der Waals surface area contributed by atoms with Crippen LogP contribution in [-0.4, -0.2) is 25.8 Å². The lowest BCUT2D eigenvalue weighted by atomic mass is 9.80. The smallest absolute Gasteiger partial charge is 0.222 e. The SMILES string of the molecule is COC1=C2C3=C(CC=C4C=CCC(=C42)CN1OC)CC(C)C=C3. The molecule has 1 atom stereocenters. The quantitative estimate of drug-likeness (QED) is 0.763. The molecule has 0 fully saturated rings. The first-order valence-electron chi connectivity index (χ1n) is 8.33. The van der Waals surface area contributed by atoms with Gasteiger partial charge in [0.2, 0.25) is 5.88 Å². The van der Waals surface area contributed by atoms with Gasteiger partial charge in [0, 0.05) is 0 Å². The number of fused-ring (bicyclic) bond motifs is 1. The van der Waals surface area contributed by atoms with Crippen LogP contribution in [0.2, 0.25) is 0 Å². The number of nitrogens with zero attached hydrogens (tertiary/aromatic N) is 1. The molecule has 0 saturated heterocycles. The Labute approximate surface area is 137 Å². The molecule has 3 heteroatoms. The zero-order valence-corrected chi connectivity index (χ0v) is 14.1. The fourth-order valence-electron chi connectivity index (χ4n) is 4.06. The summed E-state index contributed by atoms with van der Waals surface area (Å²) in [6.45, 7) is 3.05. The third-order valence-corrected chi connectivity index (χ3v) is 5.12. The minimum Gasteiger partial charge on any atom is -0.480 e. The molecule has 23 heavy (non-hydrogen) atoms. The Hall–Kier alpha value is -2.00. The van der Waals surface area contributed by atoms with Crippen LogP contribution in [0.15, 0.2) is 69.7 Å². The summed E-state index contributed by atoms with van der Waals surface area (Å²) in [6.07, 6.45) is 14.6. The molecule has 0 aromatic rings. The third-order valence-electron chi connectivity index (χ3n) is 5.12. The lowest BCUT2D eigenvalue weighted by Crippen LogP contribution is -2.32. The number of ether oxygens (including phenoxy) is 1. The van der Waals surface area contributed by atoms with E-state index in [1.807, 2.05) is 5.06 Å². The first kappa shape index (κ1) is 14.6. The molecule has 3 aliphatic carbocycles. The molecule has 0 radical (unpaired) electrons. The average molecular weight is 309 g/mol. The predicted octanol–water partition coefficient (Wildman–Crippen LogP) is 4.20. The van der Waals surface area contributed by atoms with Crippen molar-refractivity contribution >= 4 is 0 Å². The van der Waals surface area contributed by atoms with E-state index in [9.17, 15) is 0 Å². The van der Waals surface area contributed by atoms with Crippen LogP contribution in [0, 0.1) is 5.92 Å². The van der Waals surface area contributed by atoms with Crippen LogP contribution < -0.4 is 0 Å². The summed E-state index contributed by atoms with van der Waals surface area (Å²) in [6, 6.07) is 0. The van der Waals surface area contributed by atoms with Crippen molar-refractivity contribution < 1.29 is 9.57 Å². The molecule has 0 aromatic heterocycles. The lowest BCUT2D eigenvalue weighted by molar-refractivity contribution is -0.132. The molecule has 0 spiro atoms. The molecule has 4 aliphatic rings. The van der Waals surface area contributed by atoms with Crippen LogP contribution in [0.25, 0.3) is 0 Å². The standard InChI is InChI=1S/C20H23NO2/c1-13-7-10-17-15(11-13)9-8-14-5-4-6-16-12-21(23-3)20(22-2)19(17)18(14)16/h4-5,7-8,10,13H,6,9,11-12H2,1-3H3. The lowest BCUT2D eigenvalue weighted by Gasteiger charge is -2.35. The summed E-state index contributed by atoms with van der Waals surface area (Å²) >= 11 is 0. The van der Waals surface area contributed by atoms with Crippen LogP contribution in [0.4, 0.5) is 0 Å². The minimum atomic E-state index is 0.602. The molecule has 0 amide bonds. The average Bonchev–Trinajstić information content (AvgIpc) is 2.73. The van der Waals surface area contributed by atoms with Crippen LogP contribution in [0.5, 0.6) is 0 Å². The van der Waals surface area contributed by atoms with E-state index in [1.165, 1.54) is 33.4 Å². The Bertz CT molecular complexity index is 731. The molecule has 1 aliphatic heterocycles. The summed E-state index contributed by atoms with van der Waals surface area (Å²) < 4.78 is 5.79. The summed E-state index contributed by atoms with van der Waals surface area (Å²) in [5, 5.41) is 1.88. The third kappa shape index (κ3) is 2.22. The number of hydrogen-bond donors (Lipinski definition) is 0. The zero-order valence-electron chi connectivity index (χ0n) is 14.1. The second-order valence-corrected chi connectivity index (χ2v) is 6.61. The van der Waals surface area contributed by atoms with Crippen LogP contribution in [0.1, 0.15) is 26.2 Å². The first-order valence-corrected chi connectivity index (χ1v) is 8.33. The van der Waals surface area contributed by atoms with Gasteiger partial charge in [-0.05, 0) is 47.5 Å². The number of hydrogen-bond acceptors (Lipinski definition) is 3. The number of allylic oxidation sites excluding steroid dienone is 10. The van der Waals surface area contributed by atoms with Crippen molar-refractivity contribution in [3.8, 4) is 0 Å². The highest BCUT2D eigenvalue weighted by Gasteiger charge is 2.34. The van der Waals surface area contributed by atoms with Gasteiger partial charge in [-0.1, -0.05) is 42.9 Å². The van der Waals surface area contributed by atoms with Gasteiger partial charge >= 0.3 is 0 Å². The van der Waals surface area contributed by atoms with Crippen LogP contribution in [-0.2, 0) is 9.57 Å². The van der Waals surface area contributed by atoms with Crippen LogP contribution in [0.3, 0.4) is 0 Å². The maximum absolute atomic E-state index is 5.79. The second kappa shape index (κ2) is 5.57. The van der Waals surface area contributed by atoms with E-state index >= 15 is 0 Å². The fraction of sp³-hybridized carbons (Fsp3) is 0.400. The van der Waals surface area contributed by atoms with E-state index in [0.29, 0.717) is 5.92 Å². The van der Waals surface area contributed by atoms with E-state index < -0.39 is 0 Å². The maximum Gasteiger partial charge on any atom is 0.222 e. The molecular formula is C20H23NO2. The van der Waals surface area contributed by atoms with Crippen molar-refractivity contribution in [3.05, 3.63) is 69.7 Å². The number of hydroxylamine groups is 2. The van der Waals surface area contributed by atoms with Gasteiger partial charge in [0.25, 0.3) is 0 Å². The topological polar surface area (TPSA) is 21.7 Å². The van der Waals surface area contributed by atoms with Gasteiger partial charge in [-0.2, -0.15) is 0 Å². The molecular weight excluding hydrogens is 286 g/mol. The highest BCUT2D eigenvalue weighted by Crippen LogP contribution is 2.46. The molecule has 1 unspecified atom stereocenters. The Morgan fingerprint density at radius 3 is 2.74 bits per heavy atom. The first-order chi connectivity index (χ1) is 11.2. The van der Waals surface area contributed by atoms with Crippen molar-refractivity contribution in [1.29, 1.82) is 0 Å². The van der Waals surface area contributed by atoms with Gasteiger partial charge in [0.15, 0.2) is 0 Å². The Balaban J connectivity index is 1.97. The Kier molecular flexibility index (Phi) is 3.53. The van der Waals surface area contributed by atoms with E-state index in [0.717, 1.165) is 31.7 Å². The largest absolute Gasteiger partial charge is 0.480 e. The molecule has 0 aromatic carbocycles. The predicted molar refractivity (Wildman–Crippen MR) is 91.2 cm³/mol. The van der Waals surface area contributed by atoms with Gasteiger partial charge in [-0.25, -0.2) is 5.06 Å². The maximum atomic E-state index is 5.79. The molecule has 0 N–H and O–H groups in total. The molecule has 3 nitrogen and oxygen atoms in total.